The Labute approximate surface area is 79.9 Å². The van der Waals surface area contributed by atoms with E-state index in [1.54, 1.807) is 6.07 Å². The number of hydrogen-bond acceptors (Lipinski definition) is 3. The van der Waals surface area contributed by atoms with Crippen molar-refractivity contribution in [3.63, 3.8) is 0 Å². The maximum Gasteiger partial charge on any atom is 0.260 e. The van der Waals surface area contributed by atoms with E-state index in [9.17, 15) is 9.59 Å². The molecule has 0 aliphatic rings. The quantitative estimate of drug-likeness (QED) is 0.686. The molecule has 2 amide bonds. The van der Waals surface area contributed by atoms with Gasteiger partial charge < -0.3 is 0 Å². The van der Waals surface area contributed by atoms with Gasteiger partial charge in [-0.3, -0.25) is 14.9 Å². The highest BCUT2D eigenvalue weighted by atomic mass is 35.5. The number of imide groups is 1. The Bertz CT molecular complexity index is 352. The van der Waals surface area contributed by atoms with Crippen LogP contribution in [-0.2, 0) is 4.79 Å². The van der Waals surface area contributed by atoms with Crippen LogP contribution in [0.3, 0.4) is 0 Å². The smallest absolute Gasteiger partial charge is 0.260 e. The Hall–Kier alpha value is -1.42. The average molecular weight is 199 g/mol. The predicted octanol–water partition coefficient (Wildman–Crippen LogP) is 1.01. The summed E-state index contributed by atoms with van der Waals surface area (Å²) < 4.78 is 0. The summed E-state index contributed by atoms with van der Waals surface area (Å²) in [6.45, 7) is 1.25. The molecule has 68 valence electrons. The Kier molecular flexibility index (Phi) is 2.97. The van der Waals surface area contributed by atoms with Gasteiger partial charge in [0.25, 0.3) is 5.91 Å². The van der Waals surface area contributed by atoms with Crippen LogP contribution in [0, 0.1) is 0 Å². The Balaban J connectivity index is 2.89. The highest BCUT2D eigenvalue weighted by molar-refractivity contribution is 6.32. The summed E-state index contributed by atoms with van der Waals surface area (Å²) >= 11 is 5.62. The minimum atomic E-state index is -0.536. The molecule has 5 heteroatoms. The van der Waals surface area contributed by atoms with Crippen LogP contribution in [0.25, 0.3) is 0 Å². The fraction of sp³-hybridized carbons (Fsp3) is 0.125. The second kappa shape index (κ2) is 4.00. The molecule has 13 heavy (non-hydrogen) atoms. The molecule has 0 aliphatic carbocycles. The fourth-order valence-corrected chi connectivity index (χ4v) is 0.988. The normalized spacial score (nSPS) is 9.38. The number of pyridine rings is 1. The van der Waals surface area contributed by atoms with Crippen molar-refractivity contribution in [3.8, 4) is 0 Å². The molecule has 1 aromatic heterocycles. The first kappa shape index (κ1) is 9.67. The number of aromatic nitrogens is 1. The average Bonchev–Trinajstić information content (AvgIpc) is 2.03. The summed E-state index contributed by atoms with van der Waals surface area (Å²) in [6, 6.07) is 3.06. The van der Waals surface area contributed by atoms with Crippen molar-refractivity contribution in [1.82, 2.24) is 10.3 Å². The molecule has 0 aliphatic heterocycles. The number of carbonyl (C=O) groups is 2. The standard InChI is InChI=1S/C8H7ClN2O2/c1-5(12)11-8(13)6-3-2-4-10-7(6)9/h2-4H,1H3,(H,11,12,13). The molecule has 0 unspecified atom stereocenters. The van der Waals surface area contributed by atoms with E-state index in [1.165, 1.54) is 19.2 Å². The van der Waals surface area contributed by atoms with Crippen molar-refractivity contribution in [2.24, 2.45) is 0 Å². The number of amides is 2. The van der Waals surface area contributed by atoms with Gasteiger partial charge in [0.1, 0.15) is 5.15 Å². The van der Waals surface area contributed by atoms with Gasteiger partial charge >= 0.3 is 0 Å². The minimum Gasteiger partial charge on any atom is -0.292 e. The highest BCUT2D eigenvalue weighted by Crippen LogP contribution is 2.10. The molecular formula is C8H7ClN2O2. The maximum absolute atomic E-state index is 11.2. The first-order chi connectivity index (χ1) is 6.11. The third-order valence-electron chi connectivity index (χ3n) is 1.29. The van der Waals surface area contributed by atoms with Gasteiger partial charge in [0, 0.05) is 13.1 Å². The lowest BCUT2D eigenvalue weighted by Gasteiger charge is -2.01. The van der Waals surface area contributed by atoms with E-state index in [1.807, 2.05) is 0 Å². The van der Waals surface area contributed by atoms with E-state index >= 15 is 0 Å². The number of nitrogens with one attached hydrogen (secondary N) is 1. The third kappa shape index (κ3) is 2.52. The van der Waals surface area contributed by atoms with Gasteiger partial charge in [-0.1, -0.05) is 11.6 Å². The topological polar surface area (TPSA) is 59.1 Å². The number of nitrogens with zero attached hydrogens (tertiary/aromatic N) is 1. The highest BCUT2D eigenvalue weighted by Gasteiger charge is 2.10. The molecule has 1 heterocycles. The van der Waals surface area contributed by atoms with Gasteiger partial charge in [-0.25, -0.2) is 4.98 Å². The van der Waals surface area contributed by atoms with Gasteiger partial charge in [-0.05, 0) is 12.1 Å². The summed E-state index contributed by atoms with van der Waals surface area (Å²) in [6.07, 6.45) is 1.47. The Morgan fingerprint density at radius 1 is 1.54 bits per heavy atom. The van der Waals surface area contributed by atoms with E-state index < -0.39 is 11.8 Å². The Morgan fingerprint density at radius 2 is 2.23 bits per heavy atom. The van der Waals surface area contributed by atoms with Crippen molar-refractivity contribution >= 4 is 23.4 Å². The SMILES string of the molecule is CC(=O)NC(=O)c1cccnc1Cl. The summed E-state index contributed by atoms with van der Waals surface area (Å²) in [7, 11) is 0. The zero-order valence-electron chi connectivity index (χ0n) is 6.87. The van der Waals surface area contributed by atoms with E-state index in [0.717, 1.165) is 0 Å². The molecular weight excluding hydrogens is 192 g/mol. The molecule has 0 fully saturated rings. The molecule has 0 atom stereocenters. The van der Waals surface area contributed by atoms with Gasteiger partial charge in [-0.2, -0.15) is 0 Å². The van der Waals surface area contributed by atoms with Crippen molar-refractivity contribution in [1.29, 1.82) is 0 Å². The zero-order valence-corrected chi connectivity index (χ0v) is 7.63. The number of hydrogen-bond donors (Lipinski definition) is 1. The lowest BCUT2D eigenvalue weighted by atomic mass is 10.3. The van der Waals surface area contributed by atoms with Gasteiger partial charge in [0.05, 0.1) is 5.56 Å². The predicted molar refractivity (Wildman–Crippen MR) is 47.4 cm³/mol. The fourth-order valence-electron chi connectivity index (χ4n) is 0.783. The van der Waals surface area contributed by atoms with Crippen LogP contribution in [0.5, 0.6) is 0 Å². The van der Waals surface area contributed by atoms with Crippen LogP contribution in [0.4, 0.5) is 0 Å². The molecule has 1 aromatic rings. The molecule has 0 aromatic carbocycles. The third-order valence-corrected chi connectivity index (χ3v) is 1.59. The maximum atomic E-state index is 11.2. The van der Waals surface area contributed by atoms with Crippen molar-refractivity contribution in [3.05, 3.63) is 29.0 Å². The molecule has 0 spiro atoms. The summed E-state index contributed by atoms with van der Waals surface area (Å²) in [5, 5.41) is 2.18. The first-order valence-corrected chi connectivity index (χ1v) is 3.91. The first-order valence-electron chi connectivity index (χ1n) is 3.53. The van der Waals surface area contributed by atoms with E-state index in [4.69, 9.17) is 11.6 Å². The van der Waals surface area contributed by atoms with Gasteiger partial charge in [0.15, 0.2) is 0 Å². The number of halogens is 1. The number of carbonyl (C=O) groups excluding carboxylic acids is 2. The molecule has 1 rings (SSSR count). The molecule has 1 N–H and O–H groups in total. The van der Waals surface area contributed by atoms with Crippen molar-refractivity contribution in [2.45, 2.75) is 6.92 Å². The van der Waals surface area contributed by atoms with E-state index in [0.29, 0.717) is 0 Å². The molecule has 0 radical (unpaired) electrons. The minimum absolute atomic E-state index is 0.0845. The summed E-state index contributed by atoms with van der Waals surface area (Å²) in [4.78, 5) is 25.5. The second-order valence-corrected chi connectivity index (χ2v) is 2.71. The zero-order chi connectivity index (χ0) is 9.84. The van der Waals surface area contributed by atoms with Crippen LogP contribution in [0.1, 0.15) is 17.3 Å². The van der Waals surface area contributed by atoms with Crippen LogP contribution in [-0.4, -0.2) is 16.8 Å². The van der Waals surface area contributed by atoms with Gasteiger partial charge in [0.2, 0.25) is 5.91 Å². The van der Waals surface area contributed by atoms with Crippen molar-refractivity contribution < 1.29 is 9.59 Å². The molecule has 0 bridgehead atoms. The number of rotatable bonds is 1. The van der Waals surface area contributed by atoms with Crippen LogP contribution >= 0.6 is 11.6 Å². The van der Waals surface area contributed by atoms with Crippen molar-refractivity contribution in [2.75, 3.05) is 0 Å². The second-order valence-electron chi connectivity index (χ2n) is 2.35. The molecule has 0 saturated carbocycles. The lowest BCUT2D eigenvalue weighted by Crippen LogP contribution is -2.28. The molecule has 0 saturated heterocycles. The lowest BCUT2D eigenvalue weighted by molar-refractivity contribution is -0.118. The summed E-state index contributed by atoms with van der Waals surface area (Å²) in [5.74, 6) is -0.962. The van der Waals surface area contributed by atoms with Gasteiger partial charge in [-0.15, -0.1) is 0 Å². The largest absolute Gasteiger partial charge is 0.292 e. The van der Waals surface area contributed by atoms with E-state index in [-0.39, 0.29) is 10.7 Å². The van der Waals surface area contributed by atoms with E-state index in [2.05, 4.69) is 10.3 Å². The van der Waals surface area contributed by atoms with Crippen LogP contribution in [0.2, 0.25) is 5.15 Å². The Morgan fingerprint density at radius 3 is 2.77 bits per heavy atom. The molecule has 4 nitrogen and oxygen atoms in total. The van der Waals surface area contributed by atoms with Crippen LogP contribution < -0.4 is 5.32 Å². The monoisotopic (exact) mass is 198 g/mol. The van der Waals surface area contributed by atoms with Crippen LogP contribution in [0.15, 0.2) is 18.3 Å². The summed E-state index contributed by atoms with van der Waals surface area (Å²) in [5.41, 5.74) is 0.194.